The van der Waals surface area contributed by atoms with Crippen molar-refractivity contribution in [1.29, 1.82) is 0 Å². The number of carbonyl (C=O) groups is 1. The SMILES string of the molecule is Cn1c(C2=CC(N3CCC(N4CCNC(=O)CC4)CC3)N=CC2Cl)nc2ccccc21. The van der Waals surface area contributed by atoms with E-state index in [-0.39, 0.29) is 17.5 Å². The lowest BCUT2D eigenvalue weighted by atomic mass is 10.0. The largest absolute Gasteiger partial charge is 0.355 e. The molecule has 164 valence electrons. The lowest BCUT2D eigenvalue weighted by Gasteiger charge is -2.40. The molecule has 0 bridgehead atoms. The van der Waals surface area contributed by atoms with Crippen LogP contribution in [-0.4, -0.2) is 81.8 Å². The normalized spacial score (nSPS) is 26.6. The fraction of sp³-hybridized carbons (Fsp3) is 0.522. The highest BCUT2D eigenvalue weighted by Crippen LogP contribution is 2.30. The number of benzene rings is 1. The topological polar surface area (TPSA) is 65.8 Å². The first-order valence-electron chi connectivity index (χ1n) is 11.2. The number of amides is 1. The second-order valence-electron chi connectivity index (χ2n) is 8.62. The Balaban J connectivity index is 1.30. The number of aromatic nitrogens is 2. The number of hydrogen-bond donors (Lipinski definition) is 1. The van der Waals surface area contributed by atoms with E-state index in [0.29, 0.717) is 12.5 Å². The molecule has 2 unspecified atom stereocenters. The number of alkyl halides is 1. The lowest BCUT2D eigenvalue weighted by molar-refractivity contribution is -0.120. The number of nitrogens with one attached hydrogen (secondary N) is 1. The number of rotatable bonds is 3. The zero-order valence-electron chi connectivity index (χ0n) is 17.9. The quantitative estimate of drug-likeness (QED) is 0.743. The molecule has 1 aromatic heterocycles. The maximum absolute atomic E-state index is 11.6. The predicted molar refractivity (Wildman–Crippen MR) is 124 cm³/mol. The van der Waals surface area contributed by atoms with Gasteiger partial charge in [-0.3, -0.25) is 19.6 Å². The first kappa shape index (κ1) is 20.7. The molecule has 5 rings (SSSR count). The summed E-state index contributed by atoms with van der Waals surface area (Å²) in [5.41, 5.74) is 3.11. The van der Waals surface area contributed by atoms with Crippen molar-refractivity contribution >= 4 is 40.3 Å². The highest BCUT2D eigenvalue weighted by molar-refractivity contribution is 6.34. The molecular formula is C23H29ClN6O. The van der Waals surface area contributed by atoms with Crippen LogP contribution in [0, 0.1) is 0 Å². The summed E-state index contributed by atoms with van der Waals surface area (Å²) in [6, 6.07) is 8.71. The minimum atomic E-state index is -0.272. The van der Waals surface area contributed by atoms with Gasteiger partial charge in [0.2, 0.25) is 5.91 Å². The molecule has 2 atom stereocenters. The molecule has 7 nitrogen and oxygen atoms in total. The summed E-state index contributed by atoms with van der Waals surface area (Å²) in [5.74, 6) is 1.08. The van der Waals surface area contributed by atoms with Gasteiger partial charge in [-0.15, -0.1) is 11.6 Å². The van der Waals surface area contributed by atoms with E-state index in [2.05, 4.69) is 31.8 Å². The van der Waals surface area contributed by atoms with Crippen LogP contribution in [0.5, 0.6) is 0 Å². The molecule has 1 aromatic carbocycles. The predicted octanol–water partition coefficient (Wildman–Crippen LogP) is 2.26. The number of carbonyl (C=O) groups excluding carboxylic acids is 1. The number of aliphatic imine (C=N–C) groups is 1. The number of likely N-dealkylation sites (tertiary alicyclic amines) is 1. The number of dihydropyridines is 1. The van der Waals surface area contributed by atoms with Crippen molar-refractivity contribution in [3.05, 3.63) is 36.2 Å². The fourth-order valence-electron chi connectivity index (χ4n) is 5.01. The van der Waals surface area contributed by atoms with Gasteiger partial charge in [0.25, 0.3) is 0 Å². The third-order valence-corrected chi connectivity index (χ3v) is 7.13. The number of fused-ring (bicyclic) bond motifs is 1. The number of allylic oxidation sites excluding steroid dienone is 1. The molecule has 0 aliphatic carbocycles. The monoisotopic (exact) mass is 440 g/mol. The van der Waals surface area contributed by atoms with Crippen LogP contribution in [0.2, 0.25) is 0 Å². The number of hydrogen-bond acceptors (Lipinski definition) is 5. The van der Waals surface area contributed by atoms with Crippen LogP contribution in [-0.2, 0) is 11.8 Å². The number of para-hydroxylation sites is 2. The summed E-state index contributed by atoms with van der Waals surface area (Å²) in [6.45, 7) is 4.55. The smallest absolute Gasteiger partial charge is 0.221 e. The van der Waals surface area contributed by atoms with Gasteiger partial charge in [-0.05, 0) is 31.1 Å². The van der Waals surface area contributed by atoms with Crippen LogP contribution in [0.15, 0.2) is 35.3 Å². The third kappa shape index (κ3) is 4.14. The van der Waals surface area contributed by atoms with Gasteiger partial charge in [-0.1, -0.05) is 12.1 Å². The Bertz CT molecular complexity index is 1020. The molecule has 3 aliphatic heterocycles. The Kier molecular flexibility index (Phi) is 5.82. The highest BCUT2D eigenvalue weighted by atomic mass is 35.5. The molecule has 2 saturated heterocycles. The number of halogens is 1. The Labute approximate surface area is 187 Å². The van der Waals surface area contributed by atoms with E-state index in [0.717, 1.165) is 68.0 Å². The minimum Gasteiger partial charge on any atom is -0.355 e. The highest BCUT2D eigenvalue weighted by Gasteiger charge is 2.31. The molecule has 4 heterocycles. The maximum Gasteiger partial charge on any atom is 0.221 e. The Morgan fingerprint density at radius 3 is 2.71 bits per heavy atom. The lowest BCUT2D eigenvalue weighted by Crippen LogP contribution is -2.48. The van der Waals surface area contributed by atoms with Crippen LogP contribution in [0.1, 0.15) is 25.1 Å². The average molecular weight is 441 g/mol. The van der Waals surface area contributed by atoms with E-state index < -0.39 is 0 Å². The van der Waals surface area contributed by atoms with E-state index in [1.807, 2.05) is 31.5 Å². The molecule has 2 aromatic rings. The Morgan fingerprint density at radius 2 is 1.90 bits per heavy atom. The molecule has 0 saturated carbocycles. The number of nitrogens with zero attached hydrogens (tertiary/aromatic N) is 5. The van der Waals surface area contributed by atoms with Gasteiger partial charge in [0.05, 0.1) is 16.4 Å². The summed E-state index contributed by atoms with van der Waals surface area (Å²) in [6.07, 6.45) is 6.85. The summed E-state index contributed by atoms with van der Waals surface area (Å²) < 4.78 is 2.12. The maximum atomic E-state index is 11.6. The van der Waals surface area contributed by atoms with E-state index >= 15 is 0 Å². The van der Waals surface area contributed by atoms with Crippen molar-refractivity contribution in [3.63, 3.8) is 0 Å². The molecule has 0 radical (unpaired) electrons. The summed E-state index contributed by atoms with van der Waals surface area (Å²) in [4.78, 5) is 26.1. The molecule has 31 heavy (non-hydrogen) atoms. The van der Waals surface area contributed by atoms with E-state index in [4.69, 9.17) is 21.6 Å². The fourth-order valence-corrected chi connectivity index (χ4v) is 5.24. The standard InChI is InChI=1S/C23H29ClN6O/c1-28-20-5-3-2-4-19(20)27-23(28)17-14-21(26-15-18(17)24)30-10-6-16(7-11-30)29-12-8-22(31)25-9-13-29/h2-5,14-16,18,21H,6-13H2,1H3,(H,25,31). The van der Waals surface area contributed by atoms with Crippen LogP contribution in [0.25, 0.3) is 16.6 Å². The molecule has 3 aliphatic rings. The average Bonchev–Trinajstić information content (AvgIpc) is 2.97. The van der Waals surface area contributed by atoms with E-state index in [9.17, 15) is 4.79 Å². The number of aryl methyl sites for hydroxylation is 1. The van der Waals surface area contributed by atoms with E-state index in [1.54, 1.807) is 0 Å². The van der Waals surface area contributed by atoms with Crippen molar-refractivity contribution in [2.75, 3.05) is 32.7 Å². The van der Waals surface area contributed by atoms with Crippen LogP contribution in [0.4, 0.5) is 0 Å². The Morgan fingerprint density at radius 1 is 1.10 bits per heavy atom. The van der Waals surface area contributed by atoms with Crippen molar-refractivity contribution in [1.82, 2.24) is 24.7 Å². The molecule has 1 N–H and O–H groups in total. The van der Waals surface area contributed by atoms with Crippen molar-refractivity contribution in [2.24, 2.45) is 12.0 Å². The van der Waals surface area contributed by atoms with Crippen LogP contribution in [0.3, 0.4) is 0 Å². The van der Waals surface area contributed by atoms with Gasteiger partial charge >= 0.3 is 0 Å². The molecular weight excluding hydrogens is 412 g/mol. The first-order chi connectivity index (χ1) is 15.1. The van der Waals surface area contributed by atoms with Crippen molar-refractivity contribution < 1.29 is 4.79 Å². The van der Waals surface area contributed by atoms with Gasteiger partial charge in [-0.25, -0.2) is 4.98 Å². The van der Waals surface area contributed by atoms with Gasteiger partial charge in [-0.2, -0.15) is 0 Å². The van der Waals surface area contributed by atoms with E-state index in [1.165, 1.54) is 0 Å². The summed E-state index contributed by atoms with van der Waals surface area (Å²) >= 11 is 6.64. The molecule has 8 heteroatoms. The summed E-state index contributed by atoms with van der Waals surface area (Å²) in [7, 11) is 2.04. The summed E-state index contributed by atoms with van der Waals surface area (Å²) in [5, 5.41) is 2.70. The van der Waals surface area contributed by atoms with Gasteiger partial charge < -0.3 is 9.88 Å². The Hall–Kier alpha value is -2.22. The van der Waals surface area contributed by atoms with Gasteiger partial charge in [0.15, 0.2) is 0 Å². The first-order valence-corrected chi connectivity index (χ1v) is 11.6. The van der Waals surface area contributed by atoms with Crippen molar-refractivity contribution in [2.45, 2.75) is 36.8 Å². The zero-order chi connectivity index (χ0) is 21.4. The second-order valence-corrected chi connectivity index (χ2v) is 9.09. The van der Waals surface area contributed by atoms with Crippen LogP contribution >= 0.6 is 11.6 Å². The zero-order valence-corrected chi connectivity index (χ0v) is 18.6. The van der Waals surface area contributed by atoms with Gasteiger partial charge in [0.1, 0.15) is 12.0 Å². The van der Waals surface area contributed by atoms with Crippen LogP contribution < -0.4 is 5.32 Å². The number of imidazole rings is 1. The molecule has 0 spiro atoms. The molecule has 2 fully saturated rings. The molecule has 1 amide bonds. The third-order valence-electron chi connectivity index (χ3n) is 6.78. The minimum absolute atomic E-state index is 0.00172. The second kappa shape index (κ2) is 8.73. The number of piperidine rings is 1. The van der Waals surface area contributed by atoms with Gasteiger partial charge in [0, 0.05) is 64.0 Å². The van der Waals surface area contributed by atoms with Crippen molar-refractivity contribution in [3.8, 4) is 0 Å².